The Morgan fingerprint density at radius 2 is 2.24 bits per heavy atom. The number of aldehydes is 1. The molecule has 0 unspecified atom stereocenters. The number of hydrogen-bond donors (Lipinski definition) is 0. The van der Waals surface area contributed by atoms with Crippen LogP contribution in [0.3, 0.4) is 0 Å². The minimum atomic E-state index is 0.582. The van der Waals surface area contributed by atoms with Gasteiger partial charge in [0.2, 0.25) is 0 Å². The summed E-state index contributed by atoms with van der Waals surface area (Å²) in [6, 6.07) is 7.91. The summed E-state index contributed by atoms with van der Waals surface area (Å²) in [5.74, 6) is 0.928. The van der Waals surface area contributed by atoms with E-state index in [9.17, 15) is 4.79 Å². The molecule has 3 rings (SSSR count). The van der Waals surface area contributed by atoms with E-state index in [-0.39, 0.29) is 0 Å². The lowest BCUT2D eigenvalue weighted by Crippen LogP contribution is -1.90. The lowest BCUT2D eigenvalue weighted by Gasteiger charge is -2.07. The highest BCUT2D eigenvalue weighted by atomic mass is 16.5. The van der Waals surface area contributed by atoms with Crippen LogP contribution in [0.4, 0.5) is 0 Å². The van der Waals surface area contributed by atoms with Gasteiger partial charge in [-0.1, -0.05) is 18.2 Å². The van der Waals surface area contributed by atoms with Crippen LogP contribution in [0.5, 0.6) is 5.75 Å². The van der Waals surface area contributed by atoms with E-state index in [2.05, 4.69) is 11.1 Å². The molecule has 0 saturated carbocycles. The first kappa shape index (κ1) is 10.0. The molecule has 0 spiro atoms. The van der Waals surface area contributed by atoms with Crippen molar-refractivity contribution in [2.45, 2.75) is 6.42 Å². The zero-order chi connectivity index (χ0) is 11.7. The molecule has 84 valence electrons. The Hall–Kier alpha value is -2.16. The number of aromatic nitrogens is 1. The summed E-state index contributed by atoms with van der Waals surface area (Å²) in [7, 11) is 0. The Bertz CT molecular complexity index is 578. The van der Waals surface area contributed by atoms with Gasteiger partial charge >= 0.3 is 0 Å². The number of pyridine rings is 1. The molecule has 0 N–H and O–H groups in total. The van der Waals surface area contributed by atoms with Crippen molar-refractivity contribution in [1.29, 1.82) is 0 Å². The van der Waals surface area contributed by atoms with Gasteiger partial charge in [-0.2, -0.15) is 0 Å². The standard InChI is InChI=1S/C14H11NO2/c16-9-10-6-12(8-15-7-10)13-3-1-2-11-4-5-17-14(11)13/h1-3,6-9H,4-5H2. The Morgan fingerprint density at radius 3 is 3.12 bits per heavy atom. The molecule has 0 saturated heterocycles. The van der Waals surface area contributed by atoms with E-state index in [0.717, 1.165) is 36.2 Å². The molecule has 1 aromatic heterocycles. The molecule has 1 aliphatic heterocycles. The smallest absolute Gasteiger partial charge is 0.151 e. The molecule has 2 aromatic rings. The largest absolute Gasteiger partial charge is 0.492 e. The molecule has 0 fully saturated rings. The Kier molecular flexibility index (Phi) is 2.37. The Labute approximate surface area is 99.1 Å². The summed E-state index contributed by atoms with van der Waals surface area (Å²) >= 11 is 0. The van der Waals surface area contributed by atoms with Crippen LogP contribution in [0.1, 0.15) is 15.9 Å². The molecule has 0 aliphatic carbocycles. The second-order valence-corrected chi connectivity index (χ2v) is 4.02. The van der Waals surface area contributed by atoms with Crippen LogP contribution >= 0.6 is 0 Å². The van der Waals surface area contributed by atoms with Crippen molar-refractivity contribution in [3.63, 3.8) is 0 Å². The van der Waals surface area contributed by atoms with Gasteiger partial charge in [0.25, 0.3) is 0 Å². The summed E-state index contributed by atoms with van der Waals surface area (Å²) in [4.78, 5) is 14.8. The van der Waals surface area contributed by atoms with Gasteiger partial charge in [0, 0.05) is 35.5 Å². The zero-order valence-corrected chi connectivity index (χ0v) is 9.22. The number of nitrogens with zero attached hydrogens (tertiary/aromatic N) is 1. The van der Waals surface area contributed by atoms with E-state index < -0.39 is 0 Å². The second-order valence-electron chi connectivity index (χ2n) is 4.02. The summed E-state index contributed by atoms with van der Waals surface area (Å²) in [5.41, 5.74) is 3.74. The fourth-order valence-corrected chi connectivity index (χ4v) is 2.11. The fraction of sp³-hybridized carbons (Fsp3) is 0.143. The average Bonchev–Trinajstić information content (AvgIpc) is 2.87. The predicted octanol–water partition coefficient (Wildman–Crippen LogP) is 2.50. The lowest BCUT2D eigenvalue weighted by atomic mass is 10.0. The molecule has 3 nitrogen and oxygen atoms in total. The van der Waals surface area contributed by atoms with E-state index in [1.54, 1.807) is 12.4 Å². The number of para-hydroxylation sites is 1. The summed E-state index contributed by atoms with van der Waals surface area (Å²) in [6.45, 7) is 0.729. The summed E-state index contributed by atoms with van der Waals surface area (Å²) in [6.07, 6.45) is 5.06. The van der Waals surface area contributed by atoms with Crippen LogP contribution in [-0.2, 0) is 6.42 Å². The number of fused-ring (bicyclic) bond motifs is 1. The van der Waals surface area contributed by atoms with Crippen LogP contribution in [0.2, 0.25) is 0 Å². The number of carbonyl (C=O) groups is 1. The van der Waals surface area contributed by atoms with E-state index in [0.29, 0.717) is 5.56 Å². The molecule has 0 amide bonds. The molecule has 1 aliphatic rings. The topological polar surface area (TPSA) is 39.2 Å². The van der Waals surface area contributed by atoms with Crippen molar-refractivity contribution in [1.82, 2.24) is 4.98 Å². The zero-order valence-electron chi connectivity index (χ0n) is 9.22. The van der Waals surface area contributed by atoms with Crippen LogP contribution in [0.15, 0.2) is 36.7 Å². The highest BCUT2D eigenvalue weighted by Crippen LogP contribution is 2.36. The minimum Gasteiger partial charge on any atom is -0.492 e. The minimum absolute atomic E-state index is 0.582. The second kappa shape index (κ2) is 4.01. The van der Waals surface area contributed by atoms with Gasteiger partial charge in [-0.3, -0.25) is 9.78 Å². The van der Waals surface area contributed by atoms with Gasteiger partial charge in [-0.25, -0.2) is 0 Å². The van der Waals surface area contributed by atoms with Crippen LogP contribution in [0, 0.1) is 0 Å². The Morgan fingerprint density at radius 1 is 1.29 bits per heavy atom. The Balaban J connectivity index is 2.15. The fourth-order valence-electron chi connectivity index (χ4n) is 2.11. The quantitative estimate of drug-likeness (QED) is 0.737. The lowest BCUT2D eigenvalue weighted by molar-refractivity contribution is 0.112. The maximum atomic E-state index is 10.8. The number of rotatable bonds is 2. The van der Waals surface area contributed by atoms with Crippen molar-refractivity contribution >= 4 is 6.29 Å². The number of benzene rings is 1. The molecule has 3 heteroatoms. The molecule has 0 bridgehead atoms. The maximum Gasteiger partial charge on any atom is 0.151 e. The molecule has 17 heavy (non-hydrogen) atoms. The number of hydrogen-bond acceptors (Lipinski definition) is 3. The van der Waals surface area contributed by atoms with Crippen LogP contribution < -0.4 is 4.74 Å². The highest BCUT2D eigenvalue weighted by molar-refractivity contribution is 5.80. The first-order valence-electron chi connectivity index (χ1n) is 5.54. The average molecular weight is 225 g/mol. The van der Waals surface area contributed by atoms with Crippen molar-refractivity contribution in [3.8, 4) is 16.9 Å². The SMILES string of the molecule is O=Cc1cncc(-c2cccc3c2OCC3)c1. The number of ether oxygens (including phenoxy) is 1. The van der Waals surface area contributed by atoms with Crippen LogP contribution in [0.25, 0.3) is 11.1 Å². The summed E-state index contributed by atoms with van der Waals surface area (Å²) < 4.78 is 5.64. The third kappa shape index (κ3) is 1.69. The van der Waals surface area contributed by atoms with E-state index in [1.165, 1.54) is 5.56 Å². The molecule has 2 heterocycles. The maximum absolute atomic E-state index is 10.8. The molecule has 0 atom stereocenters. The van der Waals surface area contributed by atoms with Crippen molar-refractivity contribution in [3.05, 3.63) is 47.8 Å². The number of carbonyl (C=O) groups excluding carboxylic acids is 1. The van der Waals surface area contributed by atoms with Crippen molar-refractivity contribution in [2.75, 3.05) is 6.61 Å². The molecular formula is C14H11NO2. The third-order valence-electron chi connectivity index (χ3n) is 2.92. The predicted molar refractivity (Wildman–Crippen MR) is 64.3 cm³/mol. The van der Waals surface area contributed by atoms with Gasteiger partial charge in [0.1, 0.15) is 5.75 Å². The molecule has 0 radical (unpaired) electrons. The van der Waals surface area contributed by atoms with E-state index >= 15 is 0 Å². The highest BCUT2D eigenvalue weighted by Gasteiger charge is 2.16. The van der Waals surface area contributed by atoms with Gasteiger partial charge in [0.05, 0.1) is 6.61 Å². The van der Waals surface area contributed by atoms with E-state index in [1.807, 2.05) is 18.2 Å². The van der Waals surface area contributed by atoms with Gasteiger partial charge in [0.15, 0.2) is 6.29 Å². The van der Waals surface area contributed by atoms with Gasteiger partial charge < -0.3 is 4.74 Å². The van der Waals surface area contributed by atoms with Crippen molar-refractivity contribution < 1.29 is 9.53 Å². The third-order valence-corrected chi connectivity index (χ3v) is 2.92. The van der Waals surface area contributed by atoms with Gasteiger partial charge in [-0.05, 0) is 11.6 Å². The normalized spacial score (nSPS) is 12.9. The van der Waals surface area contributed by atoms with Crippen LogP contribution in [-0.4, -0.2) is 17.9 Å². The summed E-state index contributed by atoms with van der Waals surface area (Å²) in [5, 5.41) is 0. The van der Waals surface area contributed by atoms with E-state index in [4.69, 9.17) is 4.74 Å². The first-order valence-corrected chi connectivity index (χ1v) is 5.54. The van der Waals surface area contributed by atoms with Gasteiger partial charge in [-0.15, -0.1) is 0 Å². The molecular weight excluding hydrogens is 214 g/mol. The first-order chi connectivity index (χ1) is 8.38. The monoisotopic (exact) mass is 225 g/mol. The van der Waals surface area contributed by atoms with Crippen molar-refractivity contribution in [2.24, 2.45) is 0 Å². The molecule has 1 aromatic carbocycles.